The second kappa shape index (κ2) is 4.55. The molecule has 0 N–H and O–H groups in total. The number of anilines is 1. The van der Waals surface area contributed by atoms with Crippen LogP contribution < -0.4 is 9.64 Å². The summed E-state index contributed by atoms with van der Waals surface area (Å²) >= 11 is 0. The first kappa shape index (κ1) is 11.6. The minimum Gasteiger partial charge on any atom is -0.495 e. The maximum absolute atomic E-state index is 11.8. The molecule has 0 spiro atoms. The van der Waals surface area contributed by atoms with E-state index in [1.165, 1.54) is 19.1 Å². The van der Waals surface area contributed by atoms with Crippen LogP contribution in [0.3, 0.4) is 0 Å². The highest BCUT2D eigenvalue weighted by molar-refractivity contribution is 6.10. The molecule has 1 aliphatic heterocycles. The lowest BCUT2D eigenvalue weighted by Crippen LogP contribution is -2.66. The second-order valence-electron chi connectivity index (χ2n) is 3.66. The van der Waals surface area contributed by atoms with Gasteiger partial charge in [0.15, 0.2) is 6.10 Å². The Morgan fingerprint density at radius 2 is 2.00 bits per heavy atom. The van der Waals surface area contributed by atoms with Gasteiger partial charge in [0.25, 0.3) is 5.91 Å². The predicted octanol–water partition coefficient (Wildman–Crippen LogP) is 0.624. The topological polar surface area (TPSA) is 55.8 Å². The van der Waals surface area contributed by atoms with Crippen molar-refractivity contribution in [2.45, 2.75) is 12.1 Å². The number of hydrogen-bond donors (Lipinski definition) is 0. The SMILES string of the molecule is COc1ccccc1N1C(=O)[C@H](OC)[C@H]1C=O. The molecule has 1 saturated heterocycles. The van der Waals surface area contributed by atoms with Crippen LogP contribution in [0.15, 0.2) is 24.3 Å². The highest BCUT2D eigenvalue weighted by Gasteiger charge is 2.49. The maximum atomic E-state index is 11.8. The fourth-order valence-electron chi connectivity index (χ4n) is 1.96. The quantitative estimate of drug-likeness (QED) is 0.567. The summed E-state index contributed by atoms with van der Waals surface area (Å²) in [6, 6.07) is 6.48. The number of carbonyl (C=O) groups is 2. The fourth-order valence-corrected chi connectivity index (χ4v) is 1.96. The maximum Gasteiger partial charge on any atom is 0.259 e. The monoisotopic (exact) mass is 235 g/mol. The molecule has 17 heavy (non-hydrogen) atoms. The Morgan fingerprint density at radius 1 is 1.29 bits per heavy atom. The van der Waals surface area contributed by atoms with Crippen molar-refractivity contribution >= 4 is 17.9 Å². The summed E-state index contributed by atoms with van der Waals surface area (Å²) in [6.07, 6.45) is 0.0274. The molecule has 2 atom stereocenters. The molecule has 1 aromatic rings. The van der Waals surface area contributed by atoms with Gasteiger partial charge in [0.2, 0.25) is 0 Å². The van der Waals surface area contributed by atoms with Gasteiger partial charge in [0.1, 0.15) is 18.1 Å². The largest absolute Gasteiger partial charge is 0.495 e. The number of rotatable bonds is 4. The number of para-hydroxylation sites is 2. The molecule has 0 bridgehead atoms. The minimum atomic E-state index is -0.683. The van der Waals surface area contributed by atoms with Crippen LogP contribution in [0, 0.1) is 0 Å². The van der Waals surface area contributed by atoms with E-state index in [1.807, 2.05) is 0 Å². The molecule has 2 rings (SSSR count). The lowest BCUT2D eigenvalue weighted by atomic mass is 9.98. The average Bonchev–Trinajstić information content (AvgIpc) is 2.36. The zero-order chi connectivity index (χ0) is 12.4. The lowest BCUT2D eigenvalue weighted by Gasteiger charge is -2.43. The summed E-state index contributed by atoms with van der Waals surface area (Å²) in [4.78, 5) is 24.2. The summed E-state index contributed by atoms with van der Waals surface area (Å²) in [5.41, 5.74) is 0.588. The molecule has 1 fully saturated rings. The molecule has 0 aliphatic carbocycles. The van der Waals surface area contributed by atoms with Gasteiger partial charge in [-0.1, -0.05) is 12.1 Å². The number of methoxy groups -OCH3 is 2. The van der Waals surface area contributed by atoms with E-state index in [0.29, 0.717) is 17.7 Å². The van der Waals surface area contributed by atoms with Crippen LogP contribution in [0.5, 0.6) is 5.75 Å². The van der Waals surface area contributed by atoms with E-state index in [1.54, 1.807) is 24.3 Å². The van der Waals surface area contributed by atoms with E-state index in [-0.39, 0.29) is 5.91 Å². The van der Waals surface area contributed by atoms with Gasteiger partial charge in [-0.15, -0.1) is 0 Å². The van der Waals surface area contributed by atoms with Crippen molar-refractivity contribution in [3.8, 4) is 5.75 Å². The highest BCUT2D eigenvalue weighted by Crippen LogP contribution is 2.35. The number of nitrogens with zero attached hydrogens (tertiary/aromatic N) is 1. The molecule has 90 valence electrons. The predicted molar refractivity (Wildman–Crippen MR) is 61.1 cm³/mol. The van der Waals surface area contributed by atoms with Crippen molar-refractivity contribution < 1.29 is 19.1 Å². The van der Waals surface area contributed by atoms with Gasteiger partial charge in [-0.05, 0) is 12.1 Å². The molecule has 0 radical (unpaired) electrons. The van der Waals surface area contributed by atoms with E-state index >= 15 is 0 Å². The summed E-state index contributed by atoms with van der Waals surface area (Å²) in [5, 5.41) is 0. The summed E-state index contributed by atoms with van der Waals surface area (Å²) < 4.78 is 10.1. The molecule has 1 amide bonds. The molecule has 0 unspecified atom stereocenters. The normalized spacial score (nSPS) is 23.2. The first-order chi connectivity index (χ1) is 8.24. The van der Waals surface area contributed by atoms with E-state index in [4.69, 9.17) is 9.47 Å². The molecule has 1 aliphatic rings. The Balaban J connectivity index is 2.34. The first-order valence-corrected chi connectivity index (χ1v) is 5.18. The van der Waals surface area contributed by atoms with Crippen molar-refractivity contribution in [2.24, 2.45) is 0 Å². The Kier molecular flexibility index (Phi) is 3.10. The molecule has 0 saturated carbocycles. The van der Waals surface area contributed by atoms with Crippen LogP contribution >= 0.6 is 0 Å². The van der Waals surface area contributed by atoms with E-state index in [0.717, 1.165) is 0 Å². The molecule has 1 heterocycles. The van der Waals surface area contributed by atoms with Crippen molar-refractivity contribution in [1.82, 2.24) is 0 Å². The third-order valence-electron chi connectivity index (χ3n) is 2.83. The Bertz CT molecular complexity index is 446. The number of benzene rings is 1. The highest BCUT2D eigenvalue weighted by atomic mass is 16.5. The third kappa shape index (κ3) is 1.68. The van der Waals surface area contributed by atoms with Crippen molar-refractivity contribution in [1.29, 1.82) is 0 Å². The minimum absolute atomic E-state index is 0.228. The average molecular weight is 235 g/mol. The van der Waals surface area contributed by atoms with Gasteiger partial charge >= 0.3 is 0 Å². The van der Waals surface area contributed by atoms with Crippen LogP contribution in [0.4, 0.5) is 5.69 Å². The number of carbonyl (C=O) groups excluding carboxylic acids is 2. The van der Waals surface area contributed by atoms with Gasteiger partial charge in [0.05, 0.1) is 12.8 Å². The molecule has 5 heteroatoms. The van der Waals surface area contributed by atoms with E-state index in [9.17, 15) is 9.59 Å². The second-order valence-corrected chi connectivity index (χ2v) is 3.66. The standard InChI is InChI=1S/C12H13NO4/c1-16-10-6-4-3-5-8(10)13-9(7-14)11(17-2)12(13)15/h3-7,9,11H,1-2H3/t9-,11-/m1/s1. The van der Waals surface area contributed by atoms with Crippen LogP contribution in [-0.2, 0) is 14.3 Å². The summed E-state index contributed by atoms with van der Waals surface area (Å²) in [5.74, 6) is 0.330. The van der Waals surface area contributed by atoms with Gasteiger partial charge in [-0.25, -0.2) is 0 Å². The number of ether oxygens (including phenoxy) is 2. The van der Waals surface area contributed by atoms with E-state index in [2.05, 4.69) is 0 Å². The molecule has 0 aromatic heterocycles. The van der Waals surface area contributed by atoms with Crippen LogP contribution in [-0.4, -0.2) is 38.6 Å². The van der Waals surface area contributed by atoms with Crippen molar-refractivity contribution in [2.75, 3.05) is 19.1 Å². The van der Waals surface area contributed by atoms with Crippen molar-refractivity contribution in [3.05, 3.63) is 24.3 Å². The lowest BCUT2D eigenvalue weighted by molar-refractivity contribution is -0.142. The number of aldehydes is 1. The Morgan fingerprint density at radius 3 is 2.59 bits per heavy atom. The van der Waals surface area contributed by atoms with Gasteiger partial charge < -0.3 is 14.3 Å². The smallest absolute Gasteiger partial charge is 0.259 e. The molecule has 5 nitrogen and oxygen atoms in total. The van der Waals surface area contributed by atoms with Gasteiger partial charge in [0, 0.05) is 7.11 Å². The molecule has 1 aromatic carbocycles. The summed E-state index contributed by atoms with van der Waals surface area (Å²) in [7, 11) is 2.94. The Hall–Kier alpha value is -1.88. The Labute approximate surface area is 98.9 Å². The molecular weight excluding hydrogens is 222 g/mol. The third-order valence-corrected chi connectivity index (χ3v) is 2.83. The van der Waals surface area contributed by atoms with Gasteiger partial charge in [-0.2, -0.15) is 0 Å². The van der Waals surface area contributed by atoms with Crippen LogP contribution in [0.25, 0.3) is 0 Å². The zero-order valence-corrected chi connectivity index (χ0v) is 9.62. The van der Waals surface area contributed by atoms with E-state index < -0.39 is 12.1 Å². The zero-order valence-electron chi connectivity index (χ0n) is 9.62. The van der Waals surface area contributed by atoms with Crippen molar-refractivity contribution in [3.63, 3.8) is 0 Å². The first-order valence-electron chi connectivity index (χ1n) is 5.18. The molecular formula is C12H13NO4. The van der Waals surface area contributed by atoms with Crippen LogP contribution in [0.1, 0.15) is 0 Å². The fraction of sp³-hybridized carbons (Fsp3) is 0.333. The van der Waals surface area contributed by atoms with Crippen LogP contribution in [0.2, 0.25) is 0 Å². The number of hydrogen-bond acceptors (Lipinski definition) is 4. The van der Waals surface area contributed by atoms with Gasteiger partial charge in [-0.3, -0.25) is 9.69 Å². The summed E-state index contributed by atoms with van der Waals surface area (Å²) in [6.45, 7) is 0. The number of β-lactam (4-membered cyclic amide) rings is 1. The number of amides is 1.